The molecule has 0 fully saturated rings. The first kappa shape index (κ1) is 24.9. The number of nitrogens with zero attached hydrogens (tertiary/aromatic N) is 1. The minimum absolute atomic E-state index is 0.00386. The van der Waals surface area contributed by atoms with Crippen molar-refractivity contribution in [2.45, 2.75) is 31.6 Å². The third-order valence-electron chi connectivity index (χ3n) is 5.92. The highest BCUT2D eigenvalue weighted by Gasteiger charge is 2.41. The predicted octanol–water partition coefficient (Wildman–Crippen LogP) is 4.06. The largest absolute Gasteiger partial charge is 0.466 e. The van der Waals surface area contributed by atoms with Crippen molar-refractivity contribution in [2.75, 3.05) is 21.2 Å². The van der Waals surface area contributed by atoms with Crippen LogP contribution >= 0.6 is 0 Å². The molecule has 0 saturated carbocycles. The molecule has 0 spiro atoms. The van der Waals surface area contributed by atoms with Crippen LogP contribution in [0.5, 0.6) is 0 Å². The maximum absolute atomic E-state index is 13.5. The molecular formula is C27H29FN2O4. The number of amides is 1. The predicted molar refractivity (Wildman–Crippen MR) is 127 cm³/mol. The van der Waals surface area contributed by atoms with Gasteiger partial charge in [0.25, 0.3) is 0 Å². The lowest BCUT2D eigenvalue weighted by molar-refractivity contribution is -0.136. The average molecular weight is 465 g/mol. The molecule has 2 aromatic rings. The maximum atomic E-state index is 13.5. The smallest absolute Gasteiger partial charge is 0.336 e. The van der Waals surface area contributed by atoms with Crippen LogP contribution in [0, 0.1) is 5.82 Å². The van der Waals surface area contributed by atoms with Gasteiger partial charge in [0, 0.05) is 43.4 Å². The first-order valence-electron chi connectivity index (χ1n) is 11.0. The molecule has 0 aromatic heterocycles. The van der Waals surface area contributed by atoms with Crippen molar-refractivity contribution >= 4 is 18.2 Å². The van der Waals surface area contributed by atoms with E-state index in [0.717, 1.165) is 17.7 Å². The molecule has 2 aliphatic rings. The number of rotatable bonds is 4. The van der Waals surface area contributed by atoms with Gasteiger partial charge < -0.3 is 15.0 Å². The van der Waals surface area contributed by atoms with E-state index in [1.54, 1.807) is 26.2 Å². The monoisotopic (exact) mass is 464 g/mol. The number of Topliss-reactive ketones (excluding diaryl/α,β-unsaturated/α-hetero) is 1. The fourth-order valence-corrected chi connectivity index (χ4v) is 4.37. The summed E-state index contributed by atoms with van der Waals surface area (Å²) in [7, 11) is 4.70. The molecule has 0 radical (unpaired) electrons. The Bertz CT molecular complexity index is 1120. The summed E-state index contributed by atoms with van der Waals surface area (Å²) in [6.45, 7) is 1.81. The van der Waals surface area contributed by atoms with E-state index in [-0.39, 0.29) is 17.5 Å². The van der Waals surface area contributed by atoms with Gasteiger partial charge in [-0.15, -0.1) is 0 Å². The third-order valence-corrected chi connectivity index (χ3v) is 5.92. The highest BCUT2D eigenvalue weighted by Crippen LogP contribution is 2.45. The Labute approximate surface area is 199 Å². The molecule has 178 valence electrons. The van der Waals surface area contributed by atoms with E-state index in [9.17, 15) is 18.8 Å². The first-order valence-corrected chi connectivity index (χ1v) is 11.0. The quantitative estimate of drug-likeness (QED) is 0.546. The standard InChI is InChI=1S/C24H22FNO3.C3H7NO/c1-14-21(24(28)29-2)22(16-8-10-18(25)11-9-16)23-19(26-14)12-17(13-20(23)27)15-6-4-3-5-7-15;1-4(2)3-5/h3-11,17,22,26H,12-13H2,1-2H3;3H,1-2H3. The number of allylic oxidation sites excluding steroid dienone is 3. The van der Waals surface area contributed by atoms with E-state index < -0.39 is 11.9 Å². The number of halogens is 1. The van der Waals surface area contributed by atoms with Crippen LogP contribution < -0.4 is 5.32 Å². The fraction of sp³-hybridized carbons (Fsp3) is 0.296. The fourth-order valence-electron chi connectivity index (χ4n) is 4.37. The Balaban J connectivity index is 0.000000588. The molecule has 7 heteroatoms. The van der Waals surface area contributed by atoms with Gasteiger partial charge in [-0.2, -0.15) is 0 Å². The molecule has 1 heterocycles. The summed E-state index contributed by atoms with van der Waals surface area (Å²) in [6, 6.07) is 15.9. The van der Waals surface area contributed by atoms with E-state index in [0.29, 0.717) is 35.2 Å². The Morgan fingerprint density at radius 3 is 2.24 bits per heavy atom. The van der Waals surface area contributed by atoms with Crippen LogP contribution in [0.25, 0.3) is 0 Å². The number of ketones is 1. The topological polar surface area (TPSA) is 75.7 Å². The van der Waals surface area contributed by atoms with Crippen molar-refractivity contribution in [3.63, 3.8) is 0 Å². The number of nitrogens with one attached hydrogen (secondary N) is 1. The van der Waals surface area contributed by atoms with Gasteiger partial charge in [0.1, 0.15) is 5.82 Å². The second-order valence-electron chi connectivity index (χ2n) is 8.54. The van der Waals surface area contributed by atoms with Crippen LogP contribution in [-0.4, -0.2) is 44.3 Å². The van der Waals surface area contributed by atoms with Gasteiger partial charge in [-0.05, 0) is 42.5 Å². The lowest BCUT2D eigenvalue weighted by atomic mass is 9.72. The molecule has 1 N–H and O–H groups in total. The SMILES string of the molecule is CN(C)C=O.COC(=O)C1=C(C)NC2=C(C(=O)CC(c3ccccc3)C2)C1c1ccc(F)cc1. The first-order chi connectivity index (χ1) is 16.3. The molecule has 1 aliphatic carbocycles. The molecule has 2 unspecified atom stereocenters. The van der Waals surface area contributed by atoms with Crippen molar-refractivity contribution < 1.29 is 23.5 Å². The van der Waals surface area contributed by atoms with Crippen LogP contribution in [0.2, 0.25) is 0 Å². The number of ether oxygens (including phenoxy) is 1. The second kappa shape index (κ2) is 10.9. The molecule has 2 aromatic carbocycles. The Kier molecular flexibility index (Phi) is 7.99. The second-order valence-corrected chi connectivity index (χ2v) is 8.54. The Morgan fingerprint density at radius 2 is 1.68 bits per heavy atom. The summed E-state index contributed by atoms with van der Waals surface area (Å²) in [6.07, 6.45) is 1.80. The molecule has 34 heavy (non-hydrogen) atoms. The Hall–Kier alpha value is -3.74. The van der Waals surface area contributed by atoms with Crippen molar-refractivity contribution in [3.05, 3.63) is 94.1 Å². The van der Waals surface area contributed by atoms with Gasteiger partial charge in [0.2, 0.25) is 6.41 Å². The van der Waals surface area contributed by atoms with Crippen molar-refractivity contribution in [3.8, 4) is 0 Å². The van der Waals surface area contributed by atoms with Crippen LogP contribution in [0.3, 0.4) is 0 Å². The summed E-state index contributed by atoms with van der Waals surface area (Å²) in [4.78, 5) is 36.7. The van der Waals surface area contributed by atoms with Gasteiger partial charge in [0.15, 0.2) is 5.78 Å². The summed E-state index contributed by atoms with van der Waals surface area (Å²) in [5.74, 6) is -1.35. The summed E-state index contributed by atoms with van der Waals surface area (Å²) in [5, 5.41) is 3.29. The number of carbonyl (C=O) groups is 3. The minimum Gasteiger partial charge on any atom is -0.466 e. The molecular weight excluding hydrogens is 435 g/mol. The molecule has 0 saturated heterocycles. The van der Waals surface area contributed by atoms with Crippen LogP contribution in [0.4, 0.5) is 4.39 Å². The molecule has 0 bridgehead atoms. The Morgan fingerprint density at radius 1 is 1.06 bits per heavy atom. The van der Waals surface area contributed by atoms with Crippen LogP contribution in [0.15, 0.2) is 77.1 Å². The van der Waals surface area contributed by atoms with Gasteiger partial charge in [-0.1, -0.05) is 42.5 Å². The van der Waals surface area contributed by atoms with Gasteiger partial charge in [-0.25, -0.2) is 9.18 Å². The van der Waals surface area contributed by atoms with Crippen LogP contribution in [-0.2, 0) is 19.1 Å². The van der Waals surface area contributed by atoms with Gasteiger partial charge in [0.05, 0.1) is 12.7 Å². The zero-order valence-electron chi connectivity index (χ0n) is 19.8. The molecule has 6 nitrogen and oxygen atoms in total. The highest BCUT2D eigenvalue weighted by atomic mass is 19.1. The summed E-state index contributed by atoms with van der Waals surface area (Å²) >= 11 is 0. The molecule has 1 amide bonds. The lowest BCUT2D eigenvalue weighted by Crippen LogP contribution is -2.36. The number of esters is 1. The minimum atomic E-state index is -0.566. The maximum Gasteiger partial charge on any atom is 0.336 e. The van der Waals surface area contributed by atoms with E-state index >= 15 is 0 Å². The average Bonchev–Trinajstić information content (AvgIpc) is 2.84. The van der Waals surface area contributed by atoms with Crippen LogP contribution in [0.1, 0.15) is 42.7 Å². The molecule has 4 rings (SSSR count). The molecule has 1 aliphatic heterocycles. The zero-order valence-corrected chi connectivity index (χ0v) is 19.8. The van der Waals surface area contributed by atoms with Crippen molar-refractivity contribution in [1.82, 2.24) is 10.2 Å². The third kappa shape index (κ3) is 5.42. The van der Waals surface area contributed by atoms with Gasteiger partial charge in [-0.3, -0.25) is 9.59 Å². The number of benzene rings is 2. The highest BCUT2D eigenvalue weighted by molar-refractivity contribution is 6.04. The van der Waals surface area contributed by atoms with Crippen molar-refractivity contribution in [2.24, 2.45) is 0 Å². The van der Waals surface area contributed by atoms with E-state index in [1.807, 2.05) is 37.3 Å². The van der Waals surface area contributed by atoms with E-state index in [2.05, 4.69) is 5.32 Å². The number of carbonyl (C=O) groups excluding carboxylic acids is 3. The summed E-state index contributed by atoms with van der Waals surface area (Å²) in [5.41, 5.74) is 4.28. The summed E-state index contributed by atoms with van der Waals surface area (Å²) < 4.78 is 18.5. The lowest BCUT2D eigenvalue weighted by Gasteiger charge is -2.36. The normalized spacial score (nSPS) is 19.4. The molecule has 2 atom stereocenters. The van der Waals surface area contributed by atoms with E-state index in [1.165, 1.54) is 24.1 Å². The zero-order chi connectivity index (χ0) is 24.8. The number of hydrogen-bond acceptors (Lipinski definition) is 5. The van der Waals surface area contributed by atoms with E-state index in [4.69, 9.17) is 4.74 Å². The van der Waals surface area contributed by atoms with Gasteiger partial charge >= 0.3 is 5.97 Å². The van der Waals surface area contributed by atoms with Crippen molar-refractivity contribution in [1.29, 1.82) is 0 Å². The number of methoxy groups -OCH3 is 1. The number of hydrogen-bond donors (Lipinski definition) is 1. The number of dihydropyridines is 1.